The van der Waals surface area contributed by atoms with Gasteiger partial charge in [-0.2, -0.15) is 10.5 Å². The predicted molar refractivity (Wildman–Crippen MR) is 70.6 cm³/mol. The van der Waals surface area contributed by atoms with E-state index in [0.29, 0.717) is 0 Å². The van der Waals surface area contributed by atoms with E-state index in [9.17, 15) is 4.79 Å². The molecule has 1 atom stereocenters. The SMILES string of the molecule is CC(C(=O)O)c1ccc(Br)cc1.N#CC=CC#N. The van der Waals surface area contributed by atoms with E-state index in [4.69, 9.17) is 15.6 Å². The summed E-state index contributed by atoms with van der Waals surface area (Å²) in [6.45, 7) is 1.67. The molecular weight excluding hydrogens is 296 g/mol. The fourth-order valence-corrected chi connectivity index (χ4v) is 1.23. The fraction of sp³-hybridized carbons (Fsp3) is 0.154. The summed E-state index contributed by atoms with van der Waals surface area (Å²) in [6.07, 6.45) is 2.25. The Balaban J connectivity index is 0.000000411. The van der Waals surface area contributed by atoms with Crippen molar-refractivity contribution in [2.24, 2.45) is 0 Å². The minimum Gasteiger partial charge on any atom is -0.481 e. The van der Waals surface area contributed by atoms with Gasteiger partial charge in [-0.05, 0) is 24.6 Å². The number of carboxylic acids is 1. The maximum atomic E-state index is 10.6. The second-order valence-corrected chi connectivity index (χ2v) is 4.12. The number of hydrogen-bond acceptors (Lipinski definition) is 3. The number of nitriles is 2. The molecule has 0 aliphatic carbocycles. The minimum atomic E-state index is -0.794. The lowest BCUT2D eigenvalue weighted by Gasteiger charge is -2.05. The first kappa shape index (κ1) is 15.9. The normalized spacial score (nSPS) is 10.7. The van der Waals surface area contributed by atoms with Gasteiger partial charge in [-0.3, -0.25) is 4.79 Å². The van der Waals surface area contributed by atoms with Gasteiger partial charge < -0.3 is 5.11 Å². The molecule has 18 heavy (non-hydrogen) atoms. The topological polar surface area (TPSA) is 84.9 Å². The van der Waals surface area contributed by atoms with Crippen molar-refractivity contribution in [3.8, 4) is 12.1 Å². The fourth-order valence-electron chi connectivity index (χ4n) is 0.969. The summed E-state index contributed by atoms with van der Waals surface area (Å²) in [4.78, 5) is 10.6. The van der Waals surface area contributed by atoms with E-state index in [1.165, 1.54) is 0 Å². The Morgan fingerprint density at radius 3 is 2.06 bits per heavy atom. The molecule has 1 aromatic rings. The molecule has 0 aliphatic rings. The molecule has 0 amide bonds. The van der Waals surface area contributed by atoms with Gasteiger partial charge in [0.15, 0.2) is 0 Å². The highest BCUT2D eigenvalue weighted by Crippen LogP contribution is 2.18. The number of rotatable bonds is 2. The van der Waals surface area contributed by atoms with Gasteiger partial charge in [-0.25, -0.2) is 0 Å². The average Bonchev–Trinajstić information content (AvgIpc) is 2.37. The minimum absolute atomic E-state index is 0.432. The van der Waals surface area contributed by atoms with E-state index in [1.807, 2.05) is 24.3 Å². The molecule has 0 spiro atoms. The maximum Gasteiger partial charge on any atom is 0.310 e. The largest absolute Gasteiger partial charge is 0.481 e. The van der Waals surface area contributed by atoms with Crippen molar-refractivity contribution < 1.29 is 9.90 Å². The zero-order chi connectivity index (χ0) is 14.0. The van der Waals surface area contributed by atoms with Crippen LogP contribution in [0, 0.1) is 22.7 Å². The smallest absolute Gasteiger partial charge is 0.310 e. The summed E-state index contributed by atoms with van der Waals surface area (Å²) in [5.74, 6) is -1.23. The van der Waals surface area contributed by atoms with Crippen molar-refractivity contribution in [3.05, 3.63) is 46.5 Å². The predicted octanol–water partition coefficient (Wildman–Crippen LogP) is 3.23. The van der Waals surface area contributed by atoms with Crippen LogP contribution in [-0.2, 0) is 4.79 Å². The Labute approximate surface area is 114 Å². The number of halogens is 1. The lowest BCUT2D eigenvalue weighted by atomic mass is 10.0. The lowest BCUT2D eigenvalue weighted by Crippen LogP contribution is -2.06. The highest BCUT2D eigenvalue weighted by atomic mass is 79.9. The summed E-state index contributed by atoms with van der Waals surface area (Å²) in [5, 5.41) is 24.1. The van der Waals surface area contributed by atoms with Gasteiger partial charge in [-0.1, -0.05) is 28.1 Å². The van der Waals surface area contributed by atoms with E-state index in [-0.39, 0.29) is 0 Å². The van der Waals surface area contributed by atoms with Gasteiger partial charge in [-0.15, -0.1) is 0 Å². The number of allylic oxidation sites excluding steroid dienone is 2. The van der Waals surface area contributed by atoms with Gasteiger partial charge >= 0.3 is 5.97 Å². The third-order valence-electron chi connectivity index (χ3n) is 1.97. The van der Waals surface area contributed by atoms with Crippen LogP contribution in [0.25, 0.3) is 0 Å². The van der Waals surface area contributed by atoms with Gasteiger partial charge in [0.05, 0.1) is 18.1 Å². The number of benzene rings is 1. The van der Waals surface area contributed by atoms with Gasteiger partial charge in [0.2, 0.25) is 0 Å². The summed E-state index contributed by atoms with van der Waals surface area (Å²) in [6, 6.07) is 10.6. The van der Waals surface area contributed by atoms with E-state index in [1.54, 1.807) is 19.1 Å². The van der Waals surface area contributed by atoms with Crippen LogP contribution in [0.4, 0.5) is 0 Å². The van der Waals surface area contributed by atoms with Gasteiger partial charge in [0.1, 0.15) is 0 Å². The van der Waals surface area contributed by atoms with Crippen LogP contribution in [0.2, 0.25) is 0 Å². The molecule has 1 rings (SSSR count). The molecule has 0 fully saturated rings. The number of aliphatic carboxylic acids is 1. The van der Waals surface area contributed by atoms with E-state index >= 15 is 0 Å². The second-order valence-electron chi connectivity index (χ2n) is 3.20. The standard InChI is InChI=1S/C9H9BrO2.C4H2N2/c1-6(9(11)12)7-2-4-8(10)5-3-7;5-3-1-2-4-6/h2-6H,1H3,(H,11,12);1-2H. The Morgan fingerprint density at radius 1 is 1.28 bits per heavy atom. The molecule has 0 bridgehead atoms. The van der Waals surface area contributed by atoms with Crippen molar-refractivity contribution in [3.63, 3.8) is 0 Å². The average molecular weight is 307 g/mol. The van der Waals surface area contributed by atoms with Crippen molar-refractivity contribution in [1.29, 1.82) is 10.5 Å². The van der Waals surface area contributed by atoms with E-state index < -0.39 is 11.9 Å². The zero-order valence-electron chi connectivity index (χ0n) is 9.67. The summed E-state index contributed by atoms with van der Waals surface area (Å²) < 4.78 is 0.962. The van der Waals surface area contributed by atoms with Crippen molar-refractivity contribution in [2.45, 2.75) is 12.8 Å². The molecule has 92 valence electrons. The number of hydrogen-bond donors (Lipinski definition) is 1. The molecule has 1 unspecified atom stereocenters. The Kier molecular flexibility index (Phi) is 7.92. The number of carboxylic acid groups (broad SMARTS) is 1. The highest BCUT2D eigenvalue weighted by molar-refractivity contribution is 9.10. The van der Waals surface area contributed by atoms with Crippen LogP contribution < -0.4 is 0 Å². The van der Waals surface area contributed by atoms with E-state index in [2.05, 4.69) is 15.9 Å². The van der Waals surface area contributed by atoms with Crippen LogP contribution in [0.1, 0.15) is 18.4 Å². The molecule has 1 aromatic carbocycles. The third-order valence-corrected chi connectivity index (χ3v) is 2.50. The van der Waals surface area contributed by atoms with Gasteiger partial charge in [0, 0.05) is 16.6 Å². The number of nitrogens with zero attached hydrogens (tertiary/aromatic N) is 2. The first-order valence-electron chi connectivity index (χ1n) is 4.95. The Hall–Kier alpha value is -2.11. The Morgan fingerprint density at radius 2 is 1.72 bits per heavy atom. The molecule has 0 heterocycles. The molecule has 4 nitrogen and oxygen atoms in total. The first-order valence-corrected chi connectivity index (χ1v) is 5.74. The summed E-state index contributed by atoms with van der Waals surface area (Å²) in [5.41, 5.74) is 0.825. The van der Waals surface area contributed by atoms with Crippen LogP contribution in [0.15, 0.2) is 40.9 Å². The lowest BCUT2D eigenvalue weighted by molar-refractivity contribution is -0.138. The van der Waals surface area contributed by atoms with E-state index in [0.717, 1.165) is 22.2 Å². The number of carbonyl (C=O) groups is 1. The molecule has 0 aromatic heterocycles. The molecule has 1 N–H and O–H groups in total. The zero-order valence-corrected chi connectivity index (χ0v) is 11.3. The highest BCUT2D eigenvalue weighted by Gasteiger charge is 2.12. The van der Waals surface area contributed by atoms with Crippen LogP contribution in [0.5, 0.6) is 0 Å². The molecule has 0 saturated heterocycles. The quantitative estimate of drug-likeness (QED) is 0.850. The first-order chi connectivity index (χ1) is 8.52. The molecule has 0 saturated carbocycles. The van der Waals surface area contributed by atoms with Crippen LogP contribution >= 0.6 is 15.9 Å². The molecule has 0 radical (unpaired) electrons. The van der Waals surface area contributed by atoms with Crippen molar-refractivity contribution >= 4 is 21.9 Å². The monoisotopic (exact) mass is 306 g/mol. The van der Waals surface area contributed by atoms with Crippen LogP contribution in [-0.4, -0.2) is 11.1 Å². The third kappa shape index (κ3) is 6.47. The van der Waals surface area contributed by atoms with Gasteiger partial charge in [0.25, 0.3) is 0 Å². The van der Waals surface area contributed by atoms with Crippen molar-refractivity contribution in [1.82, 2.24) is 0 Å². The van der Waals surface area contributed by atoms with Crippen LogP contribution in [0.3, 0.4) is 0 Å². The molecule has 5 heteroatoms. The summed E-state index contributed by atoms with van der Waals surface area (Å²) in [7, 11) is 0. The molecule has 0 aliphatic heterocycles. The second kappa shape index (κ2) is 8.98. The summed E-state index contributed by atoms with van der Waals surface area (Å²) >= 11 is 3.28. The maximum absolute atomic E-state index is 10.6. The Bertz CT molecular complexity index is 479. The van der Waals surface area contributed by atoms with Crippen molar-refractivity contribution in [2.75, 3.05) is 0 Å². The molecular formula is C13H11BrN2O2.